The quantitative estimate of drug-likeness (QED) is 0.817. The van der Waals surface area contributed by atoms with Gasteiger partial charge in [0.05, 0.1) is 12.5 Å². The fraction of sp³-hybridized carbons (Fsp3) is 0.692. The third-order valence-electron chi connectivity index (χ3n) is 3.88. The lowest BCUT2D eigenvalue weighted by molar-refractivity contribution is 0.439. The van der Waals surface area contributed by atoms with Gasteiger partial charge < -0.3 is 9.73 Å². The molecule has 1 N–H and O–H groups in total. The van der Waals surface area contributed by atoms with E-state index in [1.165, 1.54) is 44.2 Å². The van der Waals surface area contributed by atoms with Crippen LogP contribution < -0.4 is 5.32 Å². The Bertz CT molecular complexity index is 302. The summed E-state index contributed by atoms with van der Waals surface area (Å²) in [7, 11) is 0. The van der Waals surface area contributed by atoms with Crippen molar-refractivity contribution in [2.24, 2.45) is 5.92 Å². The highest BCUT2D eigenvalue weighted by Crippen LogP contribution is 2.39. The van der Waals surface area contributed by atoms with Crippen molar-refractivity contribution in [3.63, 3.8) is 0 Å². The Hall–Kier alpha value is -0.760. The standard InChI is InChI=1S/C13H19NO/c1-2-10(8-14-12-4-5-12)13(3-1)11-6-7-15-9-11/h6-7,9-10,12-14H,1-5,8H2. The molecule has 2 aliphatic carbocycles. The molecule has 2 fully saturated rings. The van der Waals surface area contributed by atoms with Crippen LogP contribution in [0.2, 0.25) is 0 Å². The lowest BCUT2D eigenvalue weighted by Gasteiger charge is -2.18. The van der Waals surface area contributed by atoms with E-state index < -0.39 is 0 Å². The summed E-state index contributed by atoms with van der Waals surface area (Å²) in [6.07, 6.45) is 10.6. The van der Waals surface area contributed by atoms with E-state index in [1.54, 1.807) is 6.26 Å². The van der Waals surface area contributed by atoms with Gasteiger partial charge in [-0.25, -0.2) is 0 Å². The van der Waals surface area contributed by atoms with E-state index in [0.29, 0.717) is 0 Å². The Kier molecular flexibility index (Phi) is 2.53. The molecule has 82 valence electrons. The molecule has 0 bridgehead atoms. The van der Waals surface area contributed by atoms with Gasteiger partial charge in [0.1, 0.15) is 0 Å². The molecule has 0 saturated heterocycles. The molecule has 0 amide bonds. The molecule has 2 atom stereocenters. The Labute approximate surface area is 91.0 Å². The van der Waals surface area contributed by atoms with Crippen LogP contribution in [0.1, 0.15) is 43.6 Å². The van der Waals surface area contributed by atoms with Crippen LogP contribution in [-0.2, 0) is 0 Å². The van der Waals surface area contributed by atoms with Crippen LogP contribution in [-0.4, -0.2) is 12.6 Å². The molecule has 2 heteroatoms. The second-order valence-electron chi connectivity index (χ2n) is 5.04. The van der Waals surface area contributed by atoms with Crippen molar-refractivity contribution >= 4 is 0 Å². The van der Waals surface area contributed by atoms with Crippen molar-refractivity contribution < 1.29 is 4.42 Å². The minimum absolute atomic E-state index is 0.745. The highest BCUT2D eigenvalue weighted by Gasteiger charge is 2.30. The Balaban J connectivity index is 1.61. The smallest absolute Gasteiger partial charge is 0.0937 e. The summed E-state index contributed by atoms with van der Waals surface area (Å²) in [5, 5.41) is 3.66. The second-order valence-corrected chi connectivity index (χ2v) is 5.04. The van der Waals surface area contributed by atoms with Crippen LogP contribution in [0.15, 0.2) is 23.0 Å². The second kappa shape index (κ2) is 4.01. The number of hydrogen-bond acceptors (Lipinski definition) is 2. The average molecular weight is 205 g/mol. The molecular weight excluding hydrogens is 186 g/mol. The van der Waals surface area contributed by atoms with Gasteiger partial charge >= 0.3 is 0 Å². The van der Waals surface area contributed by atoms with Crippen LogP contribution in [0.25, 0.3) is 0 Å². The van der Waals surface area contributed by atoms with E-state index in [9.17, 15) is 0 Å². The molecule has 3 rings (SSSR count). The minimum atomic E-state index is 0.745. The maximum atomic E-state index is 5.19. The van der Waals surface area contributed by atoms with Gasteiger partial charge in [0.2, 0.25) is 0 Å². The summed E-state index contributed by atoms with van der Waals surface area (Å²) in [6.45, 7) is 1.21. The highest BCUT2D eigenvalue weighted by molar-refractivity contribution is 5.15. The van der Waals surface area contributed by atoms with Crippen LogP contribution in [0.5, 0.6) is 0 Å². The SMILES string of the molecule is c1cc(C2CCCC2CNC2CC2)co1. The molecule has 1 heterocycles. The molecule has 2 unspecified atom stereocenters. The van der Waals surface area contributed by atoms with Gasteiger partial charge in [0.25, 0.3) is 0 Å². The minimum Gasteiger partial charge on any atom is -0.472 e. The molecule has 15 heavy (non-hydrogen) atoms. The Morgan fingerprint density at radius 3 is 2.93 bits per heavy atom. The molecule has 1 aromatic rings. The van der Waals surface area contributed by atoms with E-state index in [0.717, 1.165) is 17.9 Å². The first kappa shape index (κ1) is 9.46. The molecule has 1 aromatic heterocycles. The lowest BCUT2D eigenvalue weighted by Crippen LogP contribution is -2.26. The molecular formula is C13H19NO. The molecule has 2 saturated carbocycles. The summed E-state index contributed by atoms with van der Waals surface area (Å²) in [5.74, 6) is 1.58. The maximum absolute atomic E-state index is 5.19. The summed E-state index contributed by atoms with van der Waals surface area (Å²) in [5.41, 5.74) is 1.41. The normalized spacial score (nSPS) is 30.9. The van der Waals surface area contributed by atoms with E-state index in [2.05, 4.69) is 11.4 Å². The van der Waals surface area contributed by atoms with Gasteiger partial charge in [-0.3, -0.25) is 0 Å². The Morgan fingerprint density at radius 2 is 2.20 bits per heavy atom. The van der Waals surface area contributed by atoms with Gasteiger partial charge in [-0.1, -0.05) is 6.42 Å². The Morgan fingerprint density at radius 1 is 1.27 bits per heavy atom. The van der Waals surface area contributed by atoms with Crippen LogP contribution in [0, 0.1) is 5.92 Å². The zero-order valence-electron chi connectivity index (χ0n) is 9.11. The third kappa shape index (κ3) is 2.10. The average Bonchev–Trinajstić information content (AvgIpc) is 2.79. The molecule has 0 spiro atoms. The number of nitrogens with one attached hydrogen (secondary N) is 1. The number of rotatable bonds is 4. The largest absolute Gasteiger partial charge is 0.472 e. The van der Waals surface area contributed by atoms with Gasteiger partial charge in [-0.15, -0.1) is 0 Å². The molecule has 0 aromatic carbocycles. The van der Waals surface area contributed by atoms with Crippen LogP contribution in [0.3, 0.4) is 0 Å². The highest BCUT2D eigenvalue weighted by atomic mass is 16.3. The predicted octanol–water partition coefficient (Wildman–Crippen LogP) is 2.92. The van der Waals surface area contributed by atoms with Crippen molar-refractivity contribution in [1.29, 1.82) is 0 Å². The van der Waals surface area contributed by atoms with E-state index >= 15 is 0 Å². The third-order valence-corrected chi connectivity index (χ3v) is 3.88. The van der Waals surface area contributed by atoms with Crippen molar-refractivity contribution in [3.8, 4) is 0 Å². The van der Waals surface area contributed by atoms with Crippen molar-refractivity contribution in [2.75, 3.05) is 6.54 Å². The zero-order chi connectivity index (χ0) is 10.1. The fourth-order valence-corrected chi connectivity index (χ4v) is 2.81. The summed E-state index contributed by atoms with van der Waals surface area (Å²) in [4.78, 5) is 0. The monoisotopic (exact) mass is 205 g/mol. The fourth-order valence-electron chi connectivity index (χ4n) is 2.81. The van der Waals surface area contributed by atoms with E-state index in [4.69, 9.17) is 4.42 Å². The first-order valence-electron chi connectivity index (χ1n) is 6.19. The van der Waals surface area contributed by atoms with Crippen molar-refractivity contribution in [3.05, 3.63) is 24.2 Å². The molecule has 2 aliphatic rings. The first-order valence-corrected chi connectivity index (χ1v) is 6.19. The van der Waals surface area contributed by atoms with E-state index in [-0.39, 0.29) is 0 Å². The first-order chi connectivity index (χ1) is 7.43. The van der Waals surface area contributed by atoms with Gasteiger partial charge in [0, 0.05) is 6.04 Å². The number of hydrogen-bond donors (Lipinski definition) is 1. The zero-order valence-corrected chi connectivity index (χ0v) is 9.11. The maximum Gasteiger partial charge on any atom is 0.0937 e. The predicted molar refractivity (Wildman–Crippen MR) is 59.8 cm³/mol. The van der Waals surface area contributed by atoms with Gasteiger partial charge in [0.15, 0.2) is 0 Å². The lowest BCUT2D eigenvalue weighted by atomic mass is 9.90. The summed E-state index contributed by atoms with van der Waals surface area (Å²) >= 11 is 0. The van der Waals surface area contributed by atoms with E-state index in [1.807, 2.05) is 6.26 Å². The molecule has 0 aliphatic heterocycles. The topological polar surface area (TPSA) is 25.2 Å². The van der Waals surface area contributed by atoms with Gasteiger partial charge in [-0.2, -0.15) is 0 Å². The number of furan rings is 1. The molecule has 0 radical (unpaired) electrons. The summed E-state index contributed by atoms with van der Waals surface area (Å²) < 4.78 is 5.19. The van der Waals surface area contributed by atoms with Crippen LogP contribution in [0.4, 0.5) is 0 Å². The molecule has 2 nitrogen and oxygen atoms in total. The van der Waals surface area contributed by atoms with Gasteiger partial charge in [-0.05, 0) is 55.7 Å². The van der Waals surface area contributed by atoms with Crippen molar-refractivity contribution in [1.82, 2.24) is 5.32 Å². The summed E-state index contributed by atoms with van der Waals surface area (Å²) in [6, 6.07) is 2.98. The van der Waals surface area contributed by atoms with Crippen LogP contribution >= 0.6 is 0 Å². The van der Waals surface area contributed by atoms with Crippen molar-refractivity contribution in [2.45, 2.75) is 44.1 Å².